The Hall–Kier alpha value is -3.74. The Kier molecular flexibility index (Phi) is 5.18. The van der Waals surface area contributed by atoms with Crippen molar-refractivity contribution in [2.24, 2.45) is 0 Å². The number of hydrogen-bond acceptors (Lipinski definition) is 3. The van der Waals surface area contributed by atoms with Gasteiger partial charge in [-0.1, -0.05) is 30.3 Å². The monoisotopic (exact) mass is 404 g/mol. The molecule has 4 aromatic rings. The first kappa shape index (κ1) is 19.6. The summed E-state index contributed by atoms with van der Waals surface area (Å²) in [4.78, 5) is 25.6. The van der Waals surface area contributed by atoms with Gasteiger partial charge in [0, 0.05) is 23.3 Å². The van der Waals surface area contributed by atoms with Gasteiger partial charge in [0.05, 0.1) is 17.3 Å². The first-order valence-corrected chi connectivity index (χ1v) is 9.60. The summed E-state index contributed by atoms with van der Waals surface area (Å²) in [5.74, 6) is -0.507. The zero-order valence-electron chi connectivity index (χ0n) is 16.7. The van der Waals surface area contributed by atoms with E-state index >= 15 is 0 Å². The highest BCUT2D eigenvalue weighted by molar-refractivity contribution is 5.88. The maximum absolute atomic E-state index is 13.1. The van der Waals surface area contributed by atoms with Gasteiger partial charge in [-0.05, 0) is 43.7 Å². The zero-order chi connectivity index (χ0) is 21.3. The van der Waals surface area contributed by atoms with Crippen LogP contribution in [0.3, 0.4) is 0 Å². The van der Waals surface area contributed by atoms with Crippen LogP contribution in [-0.4, -0.2) is 20.3 Å². The molecule has 0 aliphatic carbocycles. The third-order valence-corrected chi connectivity index (χ3v) is 5.24. The number of rotatable bonds is 5. The van der Waals surface area contributed by atoms with Crippen molar-refractivity contribution >= 4 is 16.7 Å². The van der Waals surface area contributed by atoms with Gasteiger partial charge in [-0.2, -0.15) is 9.78 Å². The Morgan fingerprint density at radius 3 is 2.43 bits per heavy atom. The van der Waals surface area contributed by atoms with Crippen LogP contribution in [-0.2, 0) is 17.9 Å². The van der Waals surface area contributed by atoms with Gasteiger partial charge in [0.1, 0.15) is 12.4 Å². The molecule has 0 radical (unpaired) electrons. The van der Waals surface area contributed by atoms with Crippen LogP contribution in [0.25, 0.3) is 16.5 Å². The molecule has 1 N–H and O–H groups in total. The second-order valence-electron chi connectivity index (χ2n) is 7.15. The maximum Gasteiger partial charge on any atom is 0.281 e. The number of nitrogens with one attached hydrogen (secondary N) is 1. The molecule has 0 fully saturated rings. The van der Waals surface area contributed by atoms with Crippen molar-refractivity contribution < 1.29 is 9.18 Å². The third-order valence-electron chi connectivity index (χ3n) is 5.24. The van der Waals surface area contributed by atoms with Gasteiger partial charge >= 0.3 is 0 Å². The van der Waals surface area contributed by atoms with E-state index in [4.69, 9.17) is 0 Å². The highest BCUT2D eigenvalue weighted by Gasteiger charge is 2.18. The standard InChI is InChI=1S/C23H21FN4O2/c1-15-20-13-26-28(19-6-4-3-5-7-19)23(30)22(20)16(2)27(15)14-21(29)25-12-17-8-10-18(24)11-9-17/h3-11,13H,12,14H2,1-2H3,(H,25,29). The first-order chi connectivity index (χ1) is 14.5. The summed E-state index contributed by atoms with van der Waals surface area (Å²) in [5.41, 5.74) is 2.81. The number of fused-ring (bicyclic) bond motifs is 1. The number of carbonyl (C=O) groups is 1. The Morgan fingerprint density at radius 1 is 1.03 bits per heavy atom. The van der Waals surface area contributed by atoms with Crippen LogP contribution in [0, 0.1) is 19.7 Å². The minimum absolute atomic E-state index is 0.0817. The van der Waals surface area contributed by atoms with Crippen molar-refractivity contribution in [1.82, 2.24) is 19.7 Å². The molecule has 0 unspecified atom stereocenters. The summed E-state index contributed by atoms with van der Waals surface area (Å²) in [6.45, 7) is 4.09. The minimum Gasteiger partial charge on any atom is -0.350 e. The van der Waals surface area contributed by atoms with Crippen molar-refractivity contribution in [3.63, 3.8) is 0 Å². The lowest BCUT2D eigenvalue weighted by Crippen LogP contribution is -2.28. The summed E-state index contributed by atoms with van der Waals surface area (Å²) in [5, 5.41) is 8.44. The lowest BCUT2D eigenvalue weighted by atomic mass is 10.2. The number of aryl methyl sites for hydroxylation is 2. The normalized spacial score (nSPS) is 11.0. The van der Waals surface area contributed by atoms with E-state index in [1.807, 2.05) is 48.7 Å². The fourth-order valence-electron chi connectivity index (χ4n) is 3.60. The molecule has 7 heteroatoms. The molecule has 152 valence electrons. The van der Waals surface area contributed by atoms with Gasteiger partial charge < -0.3 is 9.88 Å². The number of benzene rings is 2. The smallest absolute Gasteiger partial charge is 0.281 e. The quantitative estimate of drug-likeness (QED) is 0.555. The van der Waals surface area contributed by atoms with Crippen molar-refractivity contribution in [2.75, 3.05) is 0 Å². The molecule has 1 amide bonds. The van der Waals surface area contributed by atoms with E-state index in [0.29, 0.717) is 17.6 Å². The number of hydrogen-bond donors (Lipinski definition) is 1. The summed E-state index contributed by atoms with van der Waals surface area (Å²) < 4.78 is 16.2. The second kappa shape index (κ2) is 7.94. The van der Waals surface area contributed by atoms with Crippen LogP contribution in [0.4, 0.5) is 4.39 Å². The topological polar surface area (TPSA) is 68.9 Å². The third kappa shape index (κ3) is 3.61. The first-order valence-electron chi connectivity index (χ1n) is 9.60. The fraction of sp³-hybridized carbons (Fsp3) is 0.174. The molecule has 4 rings (SSSR count). The molecule has 2 aromatic carbocycles. The molecular formula is C23H21FN4O2. The summed E-state index contributed by atoms with van der Waals surface area (Å²) in [7, 11) is 0. The van der Waals surface area contributed by atoms with Crippen LogP contribution in [0.5, 0.6) is 0 Å². The van der Waals surface area contributed by atoms with Gasteiger partial charge in [-0.3, -0.25) is 9.59 Å². The summed E-state index contributed by atoms with van der Waals surface area (Å²) >= 11 is 0. The molecule has 0 spiro atoms. The maximum atomic E-state index is 13.1. The van der Waals surface area contributed by atoms with E-state index in [9.17, 15) is 14.0 Å². The van der Waals surface area contributed by atoms with E-state index in [1.165, 1.54) is 16.8 Å². The molecule has 0 aliphatic heterocycles. The molecule has 2 heterocycles. The molecule has 30 heavy (non-hydrogen) atoms. The molecular weight excluding hydrogens is 383 g/mol. The van der Waals surface area contributed by atoms with Crippen molar-refractivity contribution in [3.8, 4) is 5.69 Å². The molecule has 6 nitrogen and oxygen atoms in total. The average molecular weight is 404 g/mol. The van der Waals surface area contributed by atoms with Crippen molar-refractivity contribution in [1.29, 1.82) is 0 Å². The van der Waals surface area contributed by atoms with Crippen LogP contribution >= 0.6 is 0 Å². The fourth-order valence-corrected chi connectivity index (χ4v) is 3.60. The van der Waals surface area contributed by atoms with E-state index in [2.05, 4.69) is 10.4 Å². The Labute approximate surface area is 172 Å². The van der Waals surface area contributed by atoms with Gasteiger partial charge in [0.2, 0.25) is 5.91 Å². The molecule has 0 atom stereocenters. The van der Waals surface area contributed by atoms with Crippen molar-refractivity contribution in [2.45, 2.75) is 26.9 Å². The molecule has 0 saturated heterocycles. The molecule has 0 saturated carbocycles. The van der Waals surface area contributed by atoms with Crippen molar-refractivity contribution in [3.05, 3.63) is 93.9 Å². The number of carbonyl (C=O) groups excluding carboxylic acids is 1. The predicted octanol–water partition coefficient (Wildman–Crippen LogP) is 3.26. The molecule has 0 aliphatic rings. The second-order valence-corrected chi connectivity index (χ2v) is 7.15. The lowest BCUT2D eigenvalue weighted by Gasteiger charge is -2.10. The summed E-state index contributed by atoms with van der Waals surface area (Å²) in [6, 6.07) is 15.2. The van der Waals surface area contributed by atoms with E-state index in [1.54, 1.807) is 18.3 Å². The molecule has 0 bridgehead atoms. The average Bonchev–Trinajstić information content (AvgIpc) is 2.99. The number of aromatic nitrogens is 3. The van der Waals surface area contributed by atoms with Crippen LogP contribution in [0.2, 0.25) is 0 Å². The molecule has 2 aromatic heterocycles. The highest BCUT2D eigenvalue weighted by Crippen LogP contribution is 2.22. The minimum atomic E-state index is -0.315. The number of halogens is 1. The zero-order valence-corrected chi connectivity index (χ0v) is 16.7. The van der Waals surface area contributed by atoms with Crippen LogP contribution < -0.4 is 10.9 Å². The van der Waals surface area contributed by atoms with Crippen LogP contribution in [0.15, 0.2) is 65.6 Å². The van der Waals surface area contributed by atoms with Gasteiger partial charge in [0.25, 0.3) is 5.56 Å². The van der Waals surface area contributed by atoms with Gasteiger partial charge in [-0.15, -0.1) is 0 Å². The number of nitrogens with zero attached hydrogens (tertiary/aromatic N) is 3. The Balaban J connectivity index is 1.61. The Morgan fingerprint density at radius 2 is 1.73 bits per heavy atom. The largest absolute Gasteiger partial charge is 0.350 e. The van der Waals surface area contributed by atoms with Gasteiger partial charge in [0.15, 0.2) is 0 Å². The highest BCUT2D eigenvalue weighted by atomic mass is 19.1. The van der Waals surface area contributed by atoms with E-state index in [0.717, 1.165) is 22.3 Å². The van der Waals surface area contributed by atoms with Crippen LogP contribution in [0.1, 0.15) is 17.0 Å². The Bertz CT molecular complexity index is 1270. The predicted molar refractivity (Wildman–Crippen MR) is 113 cm³/mol. The van der Waals surface area contributed by atoms with Gasteiger partial charge in [-0.25, -0.2) is 4.39 Å². The number of para-hydroxylation sites is 1. The van der Waals surface area contributed by atoms with E-state index in [-0.39, 0.29) is 23.8 Å². The lowest BCUT2D eigenvalue weighted by molar-refractivity contribution is -0.121. The summed E-state index contributed by atoms with van der Waals surface area (Å²) in [6.07, 6.45) is 1.67. The van der Waals surface area contributed by atoms with E-state index < -0.39 is 0 Å². The SMILES string of the molecule is Cc1c2cnn(-c3ccccc3)c(=O)c2c(C)n1CC(=O)NCc1ccc(F)cc1. The number of amides is 1.